The molecular weight excluding hydrogens is 240 g/mol. The van der Waals surface area contributed by atoms with Crippen molar-refractivity contribution in [3.8, 4) is 0 Å². The molecule has 1 fully saturated rings. The van der Waals surface area contributed by atoms with Crippen molar-refractivity contribution in [1.82, 2.24) is 10.2 Å². The maximum atomic E-state index is 12.4. The molecule has 4 heteroatoms. The zero-order chi connectivity index (χ0) is 14.8. The summed E-state index contributed by atoms with van der Waals surface area (Å²) in [6.07, 6.45) is 7.00. The van der Waals surface area contributed by atoms with Crippen LogP contribution in [0.1, 0.15) is 41.5 Å². The largest absolute Gasteiger partial charge is 0.333 e. The number of nitrogens with zero attached hydrogens (tertiary/aromatic N) is 1. The second-order valence-electron chi connectivity index (χ2n) is 6.67. The fourth-order valence-corrected chi connectivity index (χ4v) is 1.72. The number of carbonyl (C=O) groups excluding carboxylic acids is 2. The van der Waals surface area contributed by atoms with Gasteiger partial charge in [0, 0.05) is 11.1 Å². The fraction of sp³-hybridized carbons (Fsp3) is 0.533. The number of imide groups is 1. The summed E-state index contributed by atoms with van der Waals surface area (Å²) < 4.78 is 0. The van der Waals surface area contributed by atoms with Gasteiger partial charge in [0.25, 0.3) is 0 Å². The van der Waals surface area contributed by atoms with Gasteiger partial charge in [-0.15, -0.1) is 0 Å². The number of urea groups is 1. The average Bonchev–Trinajstić information content (AvgIpc) is 2.63. The van der Waals surface area contributed by atoms with E-state index in [-0.39, 0.29) is 17.5 Å². The minimum Gasteiger partial charge on any atom is -0.333 e. The second-order valence-corrected chi connectivity index (χ2v) is 6.67. The summed E-state index contributed by atoms with van der Waals surface area (Å²) in [5.74, 6) is 0.248. The molecule has 0 unspecified atom stereocenters. The number of hydrogen-bond donors (Lipinski definition) is 1. The first kappa shape index (κ1) is 16.0. The van der Waals surface area contributed by atoms with E-state index in [0.29, 0.717) is 5.92 Å². The summed E-state index contributed by atoms with van der Waals surface area (Å²) >= 11 is 0. The van der Waals surface area contributed by atoms with E-state index in [9.17, 15) is 9.59 Å². The molecule has 0 aromatic rings. The summed E-state index contributed by atoms with van der Waals surface area (Å²) in [6.45, 7) is 11.2. The summed E-state index contributed by atoms with van der Waals surface area (Å²) in [6, 6.07) is -0.369. The van der Waals surface area contributed by atoms with Crippen molar-refractivity contribution in [1.29, 1.82) is 0 Å². The summed E-state index contributed by atoms with van der Waals surface area (Å²) in [5, 5.41) is 2.83. The van der Waals surface area contributed by atoms with Crippen LogP contribution in [0.3, 0.4) is 0 Å². The molecule has 0 heterocycles. The van der Waals surface area contributed by atoms with Crippen LogP contribution in [-0.2, 0) is 4.79 Å². The first-order chi connectivity index (χ1) is 8.52. The van der Waals surface area contributed by atoms with Gasteiger partial charge in [-0.2, -0.15) is 0 Å². The van der Waals surface area contributed by atoms with Crippen molar-refractivity contribution < 1.29 is 9.59 Å². The molecule has 0 aromatic heterocycles. The van der Waals surface area contributed by atoms with E-state index in [2.05, 4.69) is 5.32 Å². The third-order valence-corrected chi connectivity index (χ3v) is 2.47. The van der Waals surface area contributed by atoms with Gasteiger partial charge in [0.1, 0.15) is 0 Å². The first-order valence-electron chi connectivity index (χ1n) is 6.41. The lowest BCUT2D eigenvalue weighted by atomic mass is 10.00. The molecule has 1 N–H and O–H groups in total. The molecule has 5 radical (unpaired) electrons. The Morgan fingerprint density at radius 2 is 1.47 bits per heavy atom. The van der Waals surface area contributed by atoms with Crippen LogP contribution in [-0.4, -0.2) is 27.9 Å². The number of amides is 3. The Labute approximate surface area is 116 Å². The monoisotopic (exact) mass is 263 g/mol. The van der Waals surface area contributed by atoms with Gasteiger partial charge >= 0.3 is 6.03 Å². The molecule has 0 saturated heterocycles. The van der Waals surface area contributed by atoms with Crippen molar-refractivity contribution >= 4 is 11.9 Å². The smallest absolute Gasteiger partial charge is 0.325 e. The van der Waals surface area contributed by atoms with Gasteiger partial charge in [-0.1, -0.05) is 0 Å². The van der Waals surface area contributed by atoms with Gasteiger partial charge in [-0.05, 0) is 67.2 Å². The van der Waals surface area contributed by atoms with E-state index in [0.717, 1.165) is 0 Å². The third-order valence-electron chi connectivity index (χ3n) is 2.47. The zero-order valence-electron chi connectivity index (χ0n) is 12.6. The highest BCUT2D eigenvalue weighted by Crippen LogP contribution is 2.28. The molecule has 0 bridgehead atoms. The Kier molecular flexibility index (Phi) is 4.64. The Morgan fingerprint density at radius 3 is 1.84 bits per heavy atom. The summed E-state index contributed by atoms with van der Waals surface area (Å²) in [5.41, 5.74) is -0.962. The second kappa shape index (κ2) is 5.51. The van der Waals surface area contributed by atoms with E-state index >= 15 is 0 Å². The molecule has 1 rings (SSSR count). The molecule has 19 heavy (non-hydrogen) atoms. The lowest BCUT2D eigenvalue weighted by Crippen LogP contribution is -2.58. The highest BCUT2D eigenvalue weighted by Gasteiger charge is 2.39. The van der Waals surface area contributed by atoms with E-state index in [4.69, 9.17) is 0 Å². The van der Waals surface area contributed by atoms with Crippen LogP contribution in [0.25, 0.3) is 0 Å². The van der Waals surface area contributed by atoms with Gasteiger partial charge in [0.2, 0.25) is 5.91 Å². The SMILES string of the molecule is CC(C)(C)NC(=O)N(C(=O)[C]1[CH][CH][CH][CH]1)C(C)(C)C. The number of hydrogen-bond acceptors (Lipinski definition) is 2. The Balaban J connectivity index is 2.89. The normalized spacial score (nSPS) is 17.4. The van der Waals surface area contributed by atoms with E-state index < -0.39 is 5.54 Å². The molecule has 1 aliphatic carbocycles. The molecule has 1 aliphatic rings. The molecule has 0 aliphatic heterocycles. The third kappa shape index (κ3) is 4.51. The number of nitrogens with one attached hydrogen (secondary N) is 1. The van der Waals surface area contributed by atoms with Crippen molar-refractivity contribution in [3.63, 3.8) is 0 Å². The number of carbonyl (C=O) groups is 2. The van der Waals surface area contributed by atoms with Crippen LogP contribution < -0.4 is 5.32 Å². The Bertz CT molecular complexity index is 344. The molecule has 0 atom stereocenters. The van der Waals surface area contributed by atoms with Crippen LogP contribution in [0.15, 0.2) is 0 Å². The van der Waals surface area contributed by atoms with Gasteiger partial charge in [0.15, 0.2) is 0 Å². The average molecular weight is 263 g/mol. The van der Waals surface area contributed by atoms with Gasteiger partial charge in [0.05, 0.1) is 5.92 Å². The van der Waals surface area contributed by atoms with Crippen molar-refractivity contribution in [2.75, 3.05) is 0 Å². The molecular formula is C15H23N2O2. The standard InChI is InChI=1S/C15H23N2O2/c1-14(2,3)16-13(19)17(15(4,5)6)12(18)11-9-7-8-10-11/h7-10H,1-6H3,(H,16,19). The first-order valence-corrected chi connectivity index (χ1v) is 6.41. The van der Waals surface area contributed by atoms with Gasteiger partial charge in [-0.3, -0.25) is 9.69 Å². The van der Waals surface area contributed by atoms with Crippen LogP contribution in [0, 0.1) is 31.6 Å². The lowest BCUT2D eigenvalue weighted by molar-refractivity contribution is -0.129. The van der Waals surface area contributed by atoms with Crippen LogP contribution in [0.2, 0.25) is 0 Å². The van der Waals surface area contributed by atoms with Crippen molar-refractivity contribution in [2.24, 2.45) is 0 Å². The fourth-order valence-electron chi connectivity index (χ4n) is 1.72. The van der Waals surface area contributed by atoms with Crippen molar-refractivity contribution in [3.05, 3.63) is 31.6 Å². The Hall–Kier alpha value is -1.06. The quantitative estimate of drug-likeness (QED) is 0.790. The van der Waals surface area contributed by atoms with Gasteiger partial charge < -0.3 is 5.32 Å². The maximum Gasteiger partial charge on any atom is 0.325 e. The van der Waals surface area contributed by atoms with E-state index in [1.54, 1.807) is 25.7 Å². The molecule has 0 spiro atoms. The van der Waals surface area contributed by atoms with Crippen LogP contribution >= 0.6 is 0 Å². The topological polar surface area (TPSA) is 49.4 Å². The zero-order valence-corrected chi connectivity index (χ0v) is 12.6. The highest BCUT2D eigenvalue weighted by molar-refractivity contribution is 6.05. The molecule has 1 saturated carbocycles. The minimum absolute atomic E-state index is 0.278. The molecule has 0 aromatic carbocycles. The summed E-state index contributed by atoms with van der Waals surface area (Å²) in [4.78, 5) is 26.1. The van der Waals surface area contributed by atoms with E-state index in [1.165, 1.54) is 4.90 Å². The Morgan fingerprint density at radius 1 is 1.00 bits per heavy atom. The van der Waals surface area contributed by atoms with Crippen molar-refractivity contribution in [2.45, 2.75) is 52.6 Å². The molecule has 3 amide bonds. The molecule has 4 nitrogen and oxygen atoms in total. The van der Waals surface area contributed by atoms with Gasteiger partial charge in [-0.25, -0.2) is 4.79 Å². The lowest BCUT2D eigenvalue weighted by Gasteiger charge is -2.37. The van der Waals surface area contributed by atoms with Crippen LogP contribution in [0.5, 0.6) is 0 Å². The predicted molar refractivity (Wildman–Crippen MR) is 75.3 cm³/mol. The maximum absolute atomic E-state index is 12.4. The highest BCUT2D eigenvalue weighted by atomic mass is 16.2. The van der Waals surface area contributed by atoms with E-state index in [1.807, 2.05) is 41.5 Å². The predicted octanol–water partition coefficient (Wildman–Crippen LogP) is 2.53. The molecule has 105 valence electrons. The summed E-state index contributed by atoms with van der Waals surface area (Å²) in [7, 11) is 0. The van der Waals surface area contributed by atoms with Crippen LogP contribution in [0.4, 0.5) is 4.79 Å². The number of rotatable bonds is 1. The minimum atomic E-state index is -0.580.